The van der Waals surface area contributed by atoms with Crippen LogP contribution in [-0.4, -0.2) is 29.2 Å². The first kappa shape index (κ1) is 14.0. The summed E-state index contributed by atoms with van der Waals surface area (Å²) in [6, 6.07) is 5.69. The Labute approximate surface area is 116 Å². The Morgan fingerprint density at radius 2 is 2.22 bits per heavy atom. The van der Waals surface area contributed by atoms with Crippen LogP contribution in [0.25, 0.3) is 0 Å². The normalized spacial score (nSPS) is 25.3. The van der Waals surface area contributed by atoms with Gasteiger partial charge in [0.1, 0.15) is 5.82 Å². The SMILES string of the molecule is CC1CCC(CO)CN1Cc1ccc(F)c(Br)c1. The van der Waals surface area contributed by atoms with Gasteiger partial charge in [-0.2, -0.15) is 0 Å². The summed E-state index contributed by atoms with van der Waals surface area (Å²) in [4.78, 5) is 2.37. The molecule has 1 aliphatic heterocycles. The number of hydrogen-bond donors (Lipinski definition) is 1. The molecule has 1 saturated heterocycles. The van der Waals surface area contributed by atoms with Crippen molar-refractivity contribution >= 4 is 15.9 Å². The Kier molecular flexibility index (Phi) is 4.76. The topological polar surface area (TPSA) is 23.5 Å². The van der Waals surface area contributed by atoms with Gasteiger partial charge in [0, 0.05) is 25.7 Å². The van der Waals surface area contributed by atoms with Crippen LogP contribution in [-0.2, 0) is 6.54 Å². The molecule has 0 saturated carbocycles. The molecule has 0 bridgehead atoms. The molecule has 2 unspecified atom stereocenters. The maximum absolute atomic E-state index is 13.2. The number of benzene rings is 1. The molecule has 100 valence electrons. The fourth-order valence-corrected chi connectivity index (χ4v) is 2.93. The Morgan fingerprint density at radius 3 is 2.89 bits per heavy atom. The van der Waals surface area contributed by atoms with E-state index in [0.29, 0.717) is 16.4 Å². The predicted octanol–water partition coefficient (Wildman–Crippen LogP) is 3.18. The van der Waals surface area contributed by atoms with Crippen molar-refractivity contribution in [1.29, 1.82) is 0 Å². The van der Waals surface area contributed by atoms with E-state index in [0.717, 1.165) is 31.5 Å². The summed E-state index contributed by atoms with van der Waals surface area (Å²) in [5.74, 6) is 0.156. The molecular formula is C14H19BrFNO. The van der Waals surface area contributed by atoms with Gasteiger partial charge in [0.15, 0.2) is 0 Å². The minimum Gasteiger partial charge on any atom is -0.396 e. The van der Waals surface area contributed by atoms with E-state index in [1.807, 2.05) is 12.1 Å². The largest absolute Gasteiger partial charge is 0.396 e. The van der Waals surface area contributed by atoms with E-state index in [1.54, 1.807) is 0 Å². The fraction of sp³-hybridized carbons (Fsp3) is 0.571. The third-order valence-electron chi connectivity index (χ3n) is 3.74. The smallest absolute Gasteiger partial charge is 0.137 e. The monoisotopic (exact) mass is 315 g/mol. The predicted molar refractivity (Wildman–Crippen MR) is 73.8 cm³/mol. The lowest BCUT2D eigenvalue weighted by Crippen LogP contribution is -2.42. The van der Waals surface area contributed by atoms with Crippen molar-refractivity contribution in [2.75, 3.05) is 13.2 Å². The summed E-state index contributed by atoms with van der Waals surface area (Å²) >= 11 is 3.22. The highest BCUT2D eigenvalue weighted by Gasteiger charge is 2.24. The lowest BCUT2D eigenvalue weighted by molar-refractivity contribution is 0.0771. The number of aliphatic hydroxyl groups excluding tert-OH is 1. The summed E-state index contributed by atoms with van der Waals surface area (Å²) in [7, 11) is 0. The van der Waals surface area contributed by atoms with Gasteiger partial charge in [-0.1, -0.05) is 6.07 Å². The quantitative estimate of drug-likeness (QED) is 0.926. The van der Waals surface area contributed by atoms with Crippen LogP contribution >= 0.6 is 15.9 Å². The van der Waals surface area contributed by atoms with Crippen molar-refractivity contribution in [2.24, 2.45) is 5.92 Å². The van der Waals surface area contributed by atoms with Gasteiger partial charge in [0.25, 0.3) is 0 Å². The van der Waals surface area contributed by atoms with Crippen LogP contribution < -0.4 is 0 Å². The highest BCUT2D eigenvalue weighted by Crippen LogP contribution is 2.24. The third kappa shape index (κ3) is 3.31. The molecule has 0 aromatic heterocycles. The van der Waals surface area contributed by atoms with Gasteiger partial charge in [-0.15, -0.1) is 0 Å². The van der Waals surface area contributed by atoms with Gasteiger partial charge >= 0.3 is 0 Å². The number of piperidine rings is 1. The van der Waals surface area contributed by atoms with Gasteiger partial charge in [-0.05, 0) is 59.3 Å². The molecule has 1 aromatic rings. The minimum atomic E-state index is -0.223. The first-order valence-corrected chi connectivity index (χ1v) is 7.18. The van der Waals surface area contributed by atoms with Crippen molar-refractivity contribution in [3.8, 4) is 0 Å². The van der Waals surface area contributed by atoms with Gasteiger partial charge in [0.2, 0.25) is 0 Å². The first-order valence-electron chi connectivity index (χ1n) is 6.39. The summed E-state index contributed by atoms with van der Waals surface area (Å²) in [6.07, 6.45) is 2.22. The standard InChI is InChI=1S/C14H19BrFNO/c1-10-2-3-12(9-18)8-17(10)7-11-4-5-14(16)13(15)6-11/h4-6,10,12,18H,2-3,7-9H2,1H3. The summed E-state index contributed by atoms with van der Waals surface area (Å²) < 4.78 is 13.7. The Hall–Kier alpha value is -0.450. The molecule has 0 spiro atoms. The van der Waals surface area contributed by atoms with Gasteiger partial charge in [0.05, 0.1) is 4.47 Å². The van der Waals surface area contributed by atoms with Crippen molar-refractivity contribution in [2.45, 2.75) is 32.4 Å². The maximum atomic E-state index is 13.2. The molecule has 2 atom stereocenters. The zero-order valence-electron chi connectivity index (χ0n) is 10.6. The van der Waals surface area contributed by atoms with E-state index in [1.165, 1.54) is 6.07 Å². The summed E-state index contributed by atoms with van der Waals surface area (Å²) in [5, 5.41) is 9.26. The average Bonchev–Trinajstić information content (AvgIpc) is 2.36. The van der Waals surface area contributed by atoms with E-state index in [-0.39, 0.29) is 12.4 Å². The fourth-order valence-electron chi connectivity index (χ4n) is 2.50. The minimum absolute atomic E-state index is 0.223. The van der Waals surface area contributed by atoms with E-state index < -0.39 is 0 Å². The number of nitrogens with zero attached hydrogens (tertiary/aromatic N) is 1. The lowest BCUT2D eigenvalue weighted by Gasteiger charge is -2.37. The molecule has 1 aromatic carbocycles. The highest BCUT2D eigenvalue weighted by atomic mass is 79.9. The number of halogens is 2. The zero-order chi connectivity index (χ0) is 13.1. The van der Waals surface area contributed by atoms with Crippen LogP contribution in [0.3, 0.4) is 0 Å². The van der Waals surface area contributed by atoms with Gasteiger partial charge in [-0.3, -0.25) is 4.90 Å². The van der Waals surface area contributed by atoms with Crippen LogP contribution in [0.2, 0.25) is 0 Å². The molecule has 1 aliphatic rings. The third-order valence-corrected chi connectivity index (χ3v) is 4.34. The summed E-state index contributed by atoms with van der Waals surface area (Å²) in [5.41, 5.74) is 1.11. The Morgan fingerprint density at radius 1 is 1.44 bits per heavy atom. The molecule has 2 nitrogen and oxygen atoms in total. The van der Waals surface area contributed by atoms with E-state index in [9.17, 15) is 9.50 Å². The molecule has 0 radical (unpaired) electrons. The average molecular weight is 316 g/mol. The number of likely N-dealkylation sites (tertiary alicyclic amines) is 1. The lowest BCUT2D eigenvalue weighted by atomic mass is 9.93. The van der Waals surface area contributed by atoms with Crippen molar-refractivity contribution < 1.29 is 9.50 Å². The molecule has 0 amide bonds. The maximum Gasteiger partial charge on any atom is 0.137 e. The second-order valence-corrected chi connectivity index (χ2v) is 6.01. The summed E-state index contributed by atoms with van der Waals surface area (Å²) in [6.45, 7) is 4.21. The van der Waals surface area contributed by atoms with E-state index in [4.69, 9.17) is 0 Å². The second kappa shape index (κ2) is 6.13. The second-order valence-electron chi connectivity index (χ2n) is 5.15. The molecule has 18 heavy (non-hydrogen) atoms. The Balaban J connectivity index is 2.04. The number of rotatable bonds is 3. The number of aliphatic hydroxyl groups is 1. The van der Waals surface area contributed by atoms with E-state index >= 15 is 0 Å². The first-order chi connectivity index (χ1) is 8.60. The van der Waals surface area contributed by atoms with Gasteiger partial charge < -0.3 is 5.11 Å². The van der Waals surface area contributed by atoms with Crippen LogP contribution in [0, 0.1) is 11.7 Å². The molecule has 4 heteroatoms. The molecule has 1 N–H and O–H groups in total. The van der Waals surface area contributed by atoms with Crippen LogP contribution in [0.15, 0.2) is 22.7 Å². The van der Waals surface area contributed by atoms with Gasteiger partial charge in [-0.25, -0.2) is 4.39 Å². The van der Waals surface area contributed by atoms with E-state index in [2.05, 4.69) is 27.8 Å². The highest BCUT2D eigenvalue weighted by molar-refractivity contribution is 9.10. The van der Waals surface area contributed by atoms with Crippen molar-refractivity contribution in [1.82, 2.24) is 4.90 Å². The number of hydrogen-bond acceptors (Lipinski definition) is 2. The van der Waals surface area contributed by atoms with Crippen molar-refractivity contribution in [3.05, 3.63) is 34.1 Å². The molecular weight excluding hydrogens is 297 g/mol. The Bertz CT molecular complexity index is 413. The van der Waals surface area contributed by atoms with Crippen LogP contribution in [0.5, 0.6) is 0 Å². The van der Waals surface area contributed by atoms with Crippen LogP contribution in [0.4, 0.5) is 4.39 Å². The molecule has 1 heterocycles. The molecule has 0 aliphatic carbocycles. The van der Waals surface area contributed by atoms with Crippen molar-refractivity contribution in [3.63, 3.8) is 0 Å². The molecule has 1 fully saturated rings. The molecule has 2 rings (SSSR count). The van der Waals surface area contributed by atoms with Crippen LogP contribution in [0.1, 0.15) is 25.3 Å². The zero-order valence-corrected chi connectivity index (χ0v) is 12.2.